The van der Waals surface area contributed by atoms with Gasteiger partial charge in [0.05, 0.1) is 9.40 Å². The summed E-state index contributed by atoms with van der Waals surface area (Å²) in [6.07, 6.45) is 0. The quantitative estimate of drug-likeness (QED) is 0.652. The fraction of sp³-hybridized carbons (Fsp3) is 0. The molecule has 20 heavy (non-hydrogen) atoms. The summed E-state index contributed by atoms with van der Waals surface area (Å²) in [5, 5.41) is 19.0. The SMILES string of the molecule is O=C(Nc1ccc(=O)[nH]n1)c1ccc(Br)c([N+](=O)[O-])c1. The molecule has 8 nitrogen and oxygen atoms in total. The summed E-state index contributed by atoms with van der Waals surface area (Å²) >= 11 is 3.03. The van der Waals surface area contributed by atoms with Crippen molar-refractivity contribution in [2.45, 2.75) is 0 Å². The number of aromatic amines is 1. The molecule has 0 aliphatic heterocycles. The zero-order valence-electron chi connectivity index (χ0n) is 9.79. The van der Waals surface area contributed by atoms with E-state index in [2.05, 4.69) is 31.4 Å². The molecular formula is C11H7BrN4O4. The van der Waals surface area contributed by atoms with Crippen molar-refractivity contribution in [2.24, 2.45) is 0 Å². The van der Waals surface area contributed by atoms with E-state index in [-0.39, 0.29) is 21.5 Å². The Hall–Kier alpha value is -2.55. The fourth-order valence-corrected chi connectivity index (χ4v) is 1.79. The number of carbonyl (C=O) groups excluding carboxylic acids is 1. The Bertz CT molecular complexity index is 723. The molecule has 1 aromatic carbocycles. The van der Waals surface area contributed by atoms with Crippen LogP contribution < -0.4 is 10.9 Å². The van der Waals surface area contributed by atoms with Crippen LogP contribution in [0.4, 0.5) is 11.5 Å². The van der Waals surface area contributed by atoms with E-state index in [0.717, 1.165) is 6.07 Å². The lowest BCUT2D eigenvalue weighted by Crippen LogP contribution is -2.15. The fourth-order valence-electron chi connectivity index (χ4n) is 1.40. The lowest BCUT2D eigenvalue weighted by molar-refractivity contribution is -0.385. The van der Waals surface area contributed by atoms with Crippen molar-refractivity contribution in [1.29, 1.82) is 0 Å². The number of nitrogens with zero attached hydrogens (tertiary/aromatic N) is 2. The van der Waals surface area contributed by atoms with E-state index < -0.39 is 16.4 Å². The van der Waals surface area contributed by atoms with Crippen molar-refractivity contribution in [1.82, 2.24) is 10.2 Å². The normalized spacial score (nSPS) is 10.1. The molecule has 102 valence electrons. The van der Waals surface area contributed by atoms with Crippen molar-refractivity contribution in [3.63, 3.8) is 0 Å². The maximum Gasteiger partial charge on any atom is 0.284 e. The molecule has 0 atom stereocenters. The van der Waals surface area contributed by atoms with E-state index in [1.165, 1.54) is 24.3 Å². The van der Waals surface area contributed by atoms with Crippen LogP contribution in [0.3, 0.4) is 0 Å². The highest BCUT2D eigenvalue weighted by Crippen LogP contribution is 2.25. The van der Waals surface area contributed by atoms with E-state index in [9.17, 15) is 19.7 Å². The topological polar surface area (TPSA) is 118 Å². The minimum absolute atomic E-state index is 0.105. The van der Waals surface area contributed by atoms with Gasteiger partial charge in [-0.05, 0) is 34.1 Å². The van der Waals surface area contributed by atoms with Crippen molar-refractivity contribution in [3.05, 3.63) is 60.8 Å². The zero-order chi connectivity index (χ0) is 14.7. The first kappa shape index (κ1) is 13.9. The molecule has 0 bridgehead atoms. The third kappa shape index (κ3) is 3.06. The first-order chi connectivity index (χ1) is 9.47. The van der Waals surface area contributed by atoms with Crippen LogP contribution in [-0.4, -0.2) is 21.0 Å². The molecule has 2 N–H and O–H groups in total. The van der Waals surface area contributed by atoms with E-state index >= 15 is 0 Å². The number of nitro benzene ring substituents is 1. The molecule has 0 unspecified atom stereocenters. The summed E-state index contributed by atoms with van der Waals surface area (Å²) in [4.78, 5) is 32.9. The summed E-state index contributed by atoms with van der Waals surface area (Å²) in [6.45, 7) is 0. The highest BCUT2D eigenvalue weighted by Gasteiger charge is 2.16. The molecule has 0 radical (unpaired) electrons. The lowest BCUT2D eigenvalue weighted by atomic mass is 10.2. The van der Waals surface area contributed by atoms with E-state index in [1.807, 2.05) is 0 Å². The van der Waals surface area contributed by atoms with Gasteiger partial charge in [0, 0.05) is 17.7 Å². The minimum atomic E-state index is -0.598. The Labute approximate surface area is 120 Å². The Kier molecular flexibility index (Phi) is 3.89. The average molecular weight is 339 g/mol. The number of benzene rings is 1. The number of H-pyrrole nitrogens is 1. The number of nitro groups is 1. The summed E-state index contributed by atoms with van der Waals surface area (Å²) in [7, 11) is 0. The Balaban J connectivity index is 2.25. The molecule has 0 saturated carbocycles. The minimum Gasteiger partial charge on any atom is -0.305 e. The van der Waals surface area contributed by atoms with Gasteiger partial charge in [0.15, 0.2) is 5.82 Å². The maximum absolute atomic E-state index is 11.9. The second kappa shape index (κ2) is 5.61. The molecule has 0 fully saturated rings. The standard InChI is InChI=1S/C11H7BrN4O4/c12-7-2-1-6(5-8(7)16(19)20)11(18)13-9-3-4-10(17)15-14-9/h1-5H,(H,15,17)(H,13,14,18). The van der Waals surface area contributed by atoms with Gasteiger partial charge in [-0.2, -0.15) is 5.10 Å². The monoisotopic (exact) mass is 338 g/mol. The summed E-state index contributed by atoms with van der Waals surface area (Å²) in [6, 6.07) is 6.51. The van der Waals surface area contributed by atoms with Gasteiger partial charge in [0.25, 0.3) is 17.2 Å². The van der Waals surface area contributed by atoms with Crippen molar-refractivity contribution >= 4 is 33.3 Å². The number of nitrogens with one attached hydrogen (secondary N) is 2. The molecule has 1 aromatic heterocycles. The molecular weight excluding hydrogens is 332 g/mol. The molecule has 0 saturated heterocycles. The van der Waals surface area contributed by atoms with Crippen molar-refractivity contribution < 1.29 is 9.72 Å². The maximum atomic E-state index is 11.9. The average Bonchev–Trinajstić information content (AvgIpc) is 2.41. The van der Waals surface area contributed by atoms with Gasteiger partial charge >= 0.3 is 0 Å². The van der Waals surface area contributed by atoms with Gasteiger partial charge in [-0.15, -0.1) is 0 Å². The van der Waals surface area contributed by atoms with Crippen LogP contribution in [0.15, 0.2) is 39.6 Å². The molecule has 0 spiro atoms. The zero-order valence-corrected chi connectivity index (χ0v) is 11.4. The Morgan fingerprint density at radius 2 is 2.10 bits per heavy atom. The van der Waals surface area contributed by atoms with Crippen LogP contribution in [0.5, 0.6) is 0 Å². The molecule has 0 aliphatic carbocycles. The third-order valence-electron chi connectivity index (χ3n) is 2.33. The number of rotatable bonds is 3. The summed E-state index contributed by atoms with van der Waals surface area (Å²) in [5.74, 6) is -0.430. The first-order valence-corrected chi connectivity index (χ1v) is 6.07. The number of halogens is 1. The lowest BCUT2D eigenvalue weighted by Gasteiger charge is -2.04. The van der Waals surface area contributed by atoms with Crippen LogP contribution in [0.25, 0.3) is 0 Å². The first-order valence-electron chi connectivity index (χ1n) is 5.28. The van der Waals surface area contributed by atoms with Gasteiger partial charge in [0.1, 0.15) is 0 Å². The van der Waals surface area contributed by atoms with Gasteiger partial charge in [0.2, 0.25) is 0 Å². The van der Waals surface area contributed by atoms with Gasteiger partial charge in [-0.3, -0.25) is 19.7 Å². The van der Waals surface area contributed by atoms with Gasteiger partial charge < -0.3 is 5.32 Å². The number of anilines is 1. The van der Waals surface area contributed by atoms with Crippen LogP contribution in [0.1, 0.15) is 10.4 Å². The molecule has 2 aromatic rings. The molecule has 1 heterocycles. The van der Waals surface area contributed by atoms with Crippen LogP contribution in [-0.2, 0) is 0 Å². The number of hydrogen-bond donors (Lipinski definition) is 2. The number of amides is 1. The smallest absolute Gasteiger partial charge is 0.284 e. The largest absolute Gasteiger partial charge is 0.305 e. The summed E-state index contributed by atoms with van der Waals surface area (Å²) in [5.41, 5.74) is -0.512. The van der Waals surface area contributed by atoms with Crippen molar-refractivity contribution in [2.75, 3.05) is 5.32 Å². The molecule has 2 rings (SSSR count). The van der Waals surface area contributed by atoms with Gasteiger partial charge in [-0.1, -0.05) is 0 Å². The predicted molar refractivity (Wildman–Crippen MR) is 73.6 cm³/mol. The van der Waals surface area contributed by atoms with Crippen LogP contribution in [0.2, 0.25) is 0 Å². The third-order valence-corrected chi connectivity index (χ3v) is 3.00. The Morgan fingerprint density at radius 3 is 2.70 bits per heavy atom. The van der Waals surface area contributed by atoms with E-state index in [1.54, 1.807) is 0 Å². The van der Waals surface area contributed by atoms with Crippen molar-refractivity contribution in [3.8, 4) is 0 Å². The van der Waals surface area contributed by atoms with Crippen LogP contribution in [0, 0.1) is 10.1 Å². The summed E-state index contributed by atoms with van der Waals surface area (Å²) < 4.78 is 0.279. The number of aromatic nitrogens is 2. The number of carbonyl (C=O) groups is 1. The second-order valence-electron chi connectivity index (χ2n) is 3.68. The van der Waals surface area contributed by atoms with E-state index in [0.29, 0.717) is 0 Å². The Morgan fingerprint density at radius 1 is 1.35 bits per heavy atom. The number of hydrogen-bond acceptors (Lipinski definition) is 5. The molecule has 0 aliphatic rings. The van der Waals surface area contributed by atoms with E-state index in [4.69, 9.17) is 0 Å². The molecule has 9 heteroatoms. The van der Waals surface area contributed by atoms with Gasteiger partial charge in [-0.25, -0.2) is 5.10 Å². The highest BCUT2D eigenvalue weighted by molar-refractivity contribution is 9.10. The second-order valence-corrected chi connectivity index (χ2v) is 4.54. The predicted octanol–water partition coefficient (Wildman–Crippen LogP) is 1.69. The highest BCUT2D eigenvalue weighted by atomic mass is 79.9. The molecule has 1 amide bonds. The van der Waals surface area contributed by atoms with Crippen LogP contribution >= 0.6 is 15.9 Å².